The average molecular weight is 427 g/mol. The number of aliphatic carboxylic acids is 1. The lowest BCUT2D eigenvalue weighted by Crippen LogP contribution is -2.40. The van der Waals surface area contributed by atoms with Crippen LogP contribution in [-0.2, 0) is 36.6 Å². The van der Waals surface area contributed by atoms with E-state index in [4.69, 9.17) is 24.1 Å². The summed E-state index contributed by atoms with van der Waals surface area (Å²) < 4.78 is 21.1. The number of hydrogen-bond donors (Lipinski definition) is 2. The molecule has 0 saturated heterocycles. The van der Waals surface area contributed by atoms with Crippen molar-refractivity contribution in [3.63, 3.8) is 0 Å². The Morgan fingerprint density at radius 1 is 1.06 bits per heavy atom. The second-order valence-corrected chi connectivity index (χ2v) is 6.96. The van der Waals surface area contributed by atoms with Crippen molar-refractivity contribution in [1.29, 1.82) is 0 Å². The first-order valence-electron chi connectivity index (χ1n) is 9.80. The van der Waals surface area contributed by atoms with E-state index in [1.54, 1.807) is 24.3 Å². The maximum atomic E-state index is 12.5. The number of carbonyl (C=O) groups excluding carboxylic acids is 1. The van der Waals surface area contributed by atoms with Crippen LogP contribution in [0.15, 0.2) is 66.6 Å². The maximum Gasteiger partial charge on any atom is 0.333 e. The predicted molar refractivity (Wildman–Crippen MR) is 111 cm³/mol. The number of rotatable bonds is 11. The van der Waals surface area contributed by atoms with E-state index < -0.39 is 12.1 Å². The molecule has 1 aliphatic heterocycles. The van der Waals surface area contributed by atoms with Crippen molar-refractivity contribution in [2.75, 3.05) is 20.5 Å². The van der Waals surface area contributed by atoms with Crippen molar-refractivity contribution in [2.24, 2.45) is 0 Å². The first kappa shape index (κ1) is 22.2. The van der Waals surface area contributed by atoms with Crippen LogP contribution in [-0.4, -0.2) is 49.6 Å². The zero-order valence-electron chi connectivity index (χ0n) is 17.2. The van der Waals surface area contributed by atoms with E-state index >= 15 is 0 Å². The maximum absolute atomic E-state index is 12.5. The zero-order valence-corrected chi connectivity index (χ0v) is 17.2. The molecule has 1 heterocycles. The van der Waals surface area contributed by atoms with Gasteiger partial charge in [0, 0.05) is 20.0 Å². The zero-order chi connectivity index (χ0) is 22.1. The molecule has 0 spiro atoms. The van der Waals surface area contributed by atoms with Gasteiger partial charge in [0.2, 0.25) is 6.79 Å². The summed E-state index contributed by atoms with van der Waals surface area (Å²) in [6.45, 7) is -0.0419. The van der Waals surface area contributed by atoms with Crippen molar-refractivity contribution >= 4 is 11.9 Å². The van der Waals surface area contributed by atoms with Crippen molar-refractivity contribution < 1.29 is 33.6 Å². The number of methoxy groups -OCH3 is 1. The second-order valence-electron chi connectivity index (χ2n) is 6.96. The van der Waals surface area contributed by atoms with Crippen LogP contribution in [0.25, 0.3) is 0 Å². The first-order valence-corrected chi connectivity index (χ1v) is 9.80. The van der Waals surface area contributed by atoms with E-state index in [1.165, 1.54) is 13.4 Å². The van der Waals surface area contributed by atoms with Gasteiger partial charge in [0.15, 0.2) is 18.5 Å². The van der Waals surface area contributed by atoms with Crippen LogP contribution in [0.2, 0.25) is 0 Å². The third-order valence-electron chi connectivity index (χ3n) is 4.73. The minimum absolute atomic E-state index is 0.130. The molecular formula is C23H25NO7. The fraction of sp³-hybridized carbons (Fsp3) is 0.304. The van der Waals surface area contributed by atoms with Gasteiger partial charge < -0.3 is 29.4 Å². The van der Waals surface area contributed by atoms with Gasteiger partial charge in [-0.3, -0.25) is 4.79 Å². The van der Waals surface area contributed by atoms with Gasteiger partial charge >= 0.3 is 5.97 Å². The summed E-state index contributed by atoms with van der Waals surface area (Å²) in [4.78, 5) is 23.5. The van der Waals surface area contributed by atoms with Crippen LogP contribution >= 0.6 is 0 Å². The molecule has 164 valence electrons. The minimum Gasteiger partial charge on any atom is -0.484 e. The summed E-state index contributed by atoms with van der Waals surface area (Å²) >= 11 is 0. The number of nitrogens with one attached hydrogen (secondary N) is 1. The molecule has 1 unspecified atom stereocenters. The SMILES string of the molecule is CO[C@@H](Cc1ccc(OCC(=O)NC(Cc2ccccc2)C2=COCO2)cc1)C(=O)O. The molecule has 0 aromatic heterocycles. The number of benzene rings is 2. The monoisotopic (exact) mass is 427 g/mol. The summed E-state index contributed by atoms with van der Waals surface area (Å²) in [6.07, 6.45) is 1.40. The summed E-state index contributed by atoms with van der Waals surface area (Å²) in [7, 11) is 1.36. The van der Waals surface area contributed by atoms with E-state index in [9.17, 15) is 9.59 Å². The van der Waals surface area contributed by atoms with Gasteiger partial charge in [-0.25, -0.2) is 4.79 Å². The van der Waals surface area contributed by atoms with Crippen LogP contribution in [0.5, 0.6) is 5.75 Å². The Balaban J connectivity index is 1.53. The van der Waals surface area contributed by atoms with E-state index in [2.05, 4.69) is 5.32 Å². The molecule has 2 aromatic rings. The van der Waals surface area contributed by atoms with Crippen LogP contribution in [0, 0.1) is 0 Å². The highest BCUT2D eigenvalue weighted by Gasteiger charge is 2.23. The number of carboxylic acid groups (broad SMARTS) is 1. The molecule has 0 bridgehead atoms. The van der Waals surface area contributed by atoms with Gasteiger partial charge in [0.1, 0.15) is 12.0 Å². The highest BCUT2D eigenvalue weighted by Crippen LogP contribution is 2.17. The molecular weight excluding hydrogens is 402 g/mol. The number of amides is 1. The Hall–Kier alpha value is -3.52. The summed E-state index contributed by atoms with van der Waals surface area (Å²) in [5.74, 6) is -0.252. The third-order valence-corrected chi connectivity index (χ3v) is 4.73. The Morgan fingerprint density at radius 3 is 2.39 bits per heavy atom. The van der Waals surface area contributed by atoms with Gasteiger partial charge in [-0.1, -0.05) is 42.5 Å². The second kappa shape index (κ2) is 11.0. The molecule has 1 amide bonds. The molecule has 31 heavy (non-hydrogen) atoms. The topological polar surface area (TPSA) is 103 Å². The van der Waals surface area contributed by atoms with Crippen LogP contribution in [0.3, 0.4) is 0 Å². The first-order chi connectivity index (χ1) is 15.0. The van der Waals surface area contributed by atoms with Crippen molar-refractivity contribution in [1.82, 2.24) is 5.32 Å². The van der Waals surface area contributed by atoms with Crippen LogP contribution in [0.1, 0.15) is 11.1 Å². The third kappa shape index (κ3) is 6.75. The van der Waals surface area contributed by atoms with Gasteiger partial charge in [0.25, 0.3) is 5.91 Å². The Morgan fingerprint density at radius 2 is 1.77 bits per heavy atom. The molecule has 0 aliphatic carbocycles. The largest absolute Gasteiger partial charge is 0.484 e. The molecule has 1 aliphatic rings. The van der Waals surface area contributed by atoms with Gasteiger partial charge in [-0.2, -0.15) is 0 Å². The smallest absolute Gasteiger partial charge is 0.333 e. The van der Waals surface area contributed by atoms with Crippen molar-refractivity contribution in [2.45, 2.75) is 25.0 Å². The summed E-state index contributed by atoms with van der Waals surface area (Å²) in [5, 5.41) is 12.0. The molecule has 2 aromatic carbocycles. The summed E-state index contributed by atoms with van der Waals surface area (Å²) in [6, 6.07) is 16.3. The Labute approximate surface area is 180 Å². The van der Waals surface area contributed by atoms with Crippen LogP contribution < -0.4 is 10.1 Å². The van der Waals surface area contributed by atoms with E-state index in [-0.39, 0.29) is 31.8 Å². The molecule has 0 radical (unpaired) electrons. The highest BCUT2D eigenvalue weighted by atomic mass is 16.7. The average Bonchev–Trinajstić information content (AvgIpc) is 3.32. The molecule has 3 rings (SSSR count). The van der Waals surface area contributed by atoms with Crippen molar-refractivity contribution in [3.05, 3.63) is 77.7 Å². The lowest BCUT2D eigenvalue weighted by atomic mass is 10.0. The quantitative estimate of drug-likeness (QED) is 0.567. The molecule has 2 N–H and O–H groups in total. The molecule has 0 fully saturated rings. The minimum atomic E-state index is -1.02. The van der Waals surface area contributed by atoms with Gasteiger partial charge in [-0.15, -0.1) is 0 Å². The number of hydrogen-bond acceptors (Lipinski definition) is 6. The fourth-order valence-electron chi connectivity index (χ4n) is 3.10. The normalized spacial score (nSPS) is 14.5. The number of ether oxygens (including phenoxy) is 4. The molecule has 0 saturated carbocycles. The van der Waals surface area contributed by atoms with E-state index in [0.717, 1.165) is 11.1 Å². The molecule has 8 heteroatoms. The van der Waals surface area contributed by atoms with Crippen LogP contribution in [0.4, 0.5) is 0 Å². The Bertz CT molecular complexity index is 896. The fourth-order valence-corrected chi connectivity index (χ4v) is 3.10. The van der Waals surface area contributed by atoms with Gasteiger partial charge in [-0.05, 0) is 23.3 Å². The van der Waals surface area contributed by atoms with Gasteiger partial charge in [0.05, 0.1) is 6.04 Å². The summed E-state index contributed by atoms with van der Waals surface area (Å²) in [5.41, 5.74) is 1.84. The highest BCUT2D eigenvalue weighted by molar-refractivity contribution is 5.78. The molecule has 8 nitrogen and oxygen atoms in total. The lowest BCUT2D eigenvalue weighted by molar-refractivity contribution is -0.148. The number of carboxylic acids is 1. The predicted octanol–water partition coefficient (Wildman–Crippen LogP) is 2.28. The Kier molecular flexibility index (Phi) is 7.89. The standard InChI is InChI=1S/C23H25NO7/c1-28-20(23(26)27)12-17-7-9-18(10-8-17)30-14-22(25)24-19(21-13-29-15-31-21)11-16-5-3-2-4-6-16/h2-10,13,19-20H,11-12,14-15H2,1H3,(H,24,25)(H,26,27)/t19?,20-/m0/s1. The lowest BCUT2D eigenvalue weighted by Gasteiger charge is -2.19. The number of carbonyl (C=O) groups is 2. The van der Waals surface area contributed by atoms with E-state index in [0.29, 0.717) is 17.9 Å². The van der Waals surface area contributed by atoms with E-state index in [1.807, 2.05) is 30.3 Å². The molecule has 2 atom stereocenters. The van der Waals surface area contributed by atoms with Crippen molar-refractivity contribution in [3.8, 4) is 5.75 Å².